The highest BCUT2D eigenvalue weighted by Crippen LogP contribution is 2.22. The zero-order valence-corrected chi connectivity index (χ0v) is 50.7. The molecular weight excluding hydrogens is 1230 g/mol. The summed E-state index contributed by atoms with van der Waals surface area (Å²) < 4.78 is 72.6. The summed E-state index contributed by atoms with van der Waals surface area (Å²) in [6.45, 7) is 5.67. The van der Waals surface area contributed by atoms with Crippen LogP contribution in [0.2, 0.25) is 0 Å². The van der Waals surface area contributed by atoms with Gasteiger partial charge in [-0.15, -0.1) is 0 Å². The van der Waals surface area contributed by atoms with Crippen LogP contribution in [0.4, 0.5) is 0 Å². The van der Waals surface area contributed by atoms with E-state index in [-0.39, 0.29) is 60.6 Å². The maximum atomic E-state index is 14.5. The summed E-state index contributed by atoms with van der Waals surface area (Å²) in [6.07, 6.45) is -2.65. The van der Waals surface area contributed by atoms with E-state index in [1.807, 2.05) is 0 Å². The number of nitrogens with zero attached hydrogens (tertiary/aromatic N) is 1. The number of hydrogen-bond acceptors (Lipinski definition) is 20. The van der Waals surface area contributed by atoms with Crippen molar-refractivity contribution in [3.8, 4) is 17.2 Å². The van der Waals surface area contributed by atoms with Crippen LogP contribution in [-0.4, -0.2) is 184 Å². The minimum absolute atomic E-state index is 0.0769. The predicted octanol–water partition coefficient (Wildman–Crippen LogP) is -2.99. The van der Waals surface area contributed by atoms with Gasteiger partial charge in [0.1, 0.15) is 71.6 Å². The Bertz CT molecular complexity index is 3300. The van der Waals surface area contributed by atoms with Crippen molar-refractivity contribution in [3.63, 3.8) is 0 Å². The predicted molar refractivity (Wildman–Crippen MR) is 312 cm³/mol. The molecule has 3 aromatic rings. The van der Waals surface area contributed by atoms with E-state index < -0.39 is 184 Å². The van der Waals surface area contributed by atoms with Crippen LogP contribution in [0.5, 0.6) is 17.2 Å². The van der Waals surface area contributed by atoms with Crippen LogP contribution < -0.4 is 57.1 Å². The second-order valence-electron chi connectivity index (χ2n) is 21.2. The number of phenolic OH excluding ortho intramolecular Hbond substituents is 1. The van der Waals surface area contributed by atoms with Crippen LogP contribution >= 0.6 is 0 Å². The number of primary amides is 1. The van der Waals surface area contributed by atoms with E-state index in [0.29, 0.717) is 12.0 Å². The number of rotatable bonds is 35. The number of aliphatic carboxylic acids is 2. The van der Waals surface area contributed by atoms with E-state index in [1.54, 1.807) is 20.8 Å². The molecule has 494 valence electrons. The van der Waals surface area contributed by atoms with Crippen molar-refractivity contribution in [2.45, 2.75) is 140 Å². The topological polar surface area (TPSA) is 535 Å². The Hall–Kier alpha value is -9.03. The Kier molecular flexibility index (Phi) is 27.4. The van der Waals surface area contributed by atoms with Crippen LogP contribution in [0.15, 0.2) is 72.8 Å². The number of aliphatic hydroxyl groups is 1. The first-order valence-corrected chi connectivity index (χ1v) is 30.7. The number of hydrogen-bond donors (Lipinski definition) is 15. The summed E-state index contributed by atoms with van der Waals surface area (Å²) in [4.78, 5) is 151. The number of benzene rings is 3. The molecule has 0 aliphatic carbocycles. The molecule has 11 atom stereocenters. The number of phenols is 1. The maximum absolute atomic E-state index is 14.5. The van der Waals surface area contributed by atoms with Gasteiger partial charge in [-0.05, 0) is 77.8 Å². The normalized spacial score (nSPS) is 16.5. The number of aromatic hydroxyl groups is 1. The van der Waals surface area contributed by atoms with E-state index in [9.17, 15) is 94.6 Å². The second-order valence-corrected chi connectivity index (χ2v) is 23.3. The number of carbonyl (C=O) groups excluding carboxylic acids is 9. The van der Waals surface area contributed by atoms with Crippen LogP contribution in [-0.2, 0) is 92.8 Å². The van der Waals surface area contributed by atoms with Crippen molar-refractivity contribution in [2.75, 3.05) is 13.2 Å². The van der Waals surface area contributed by atoms with Gasteiger partial charge >= 0.3 is 32.7 Å². The molecule has 4 rings (SSSR count). The molecular formula is C55H74N10O23S2. The fourth-order valence-corrected chi connectivity index (χ4v) is 9.91. The minimum Gasteiger partial charge on any atom is -0.508 e. The highest BCUT2D eigenvalue weighted by Gasteiger charge is 2.41. The fourth-order valence-electron chi connectivity index (χ4n) is 9.20. The first-order chi connectivity index (χ1) is 42.1. The summed E-state index contributed by atoms with van der Waals surface area (Å²) in [5.41, 5.74) is 11.9. The summed E-state index contributed by atoms with van der Waals surface area (Å²) >= 11 is 0. The highest BCUT2D eigenvalue weighted by molar-refractivity contribution is 7.81. The van der Waals surface area contributed by atoms with Gasteiger partial charge in [0.2, 0.25) is 53.2 Å². The Morgan fingerprint density at radius 2 is 0.944 bits per heavy atom. The molecule has 17 N–H and O–H groups in total. The zero-order chi connectivity index (χ0) is 67.4. The number of nitrogens with two attached hydrogens (primary N) is 2. The average molecular weight is 1310 g/mol. The first-order valence-electron chi connectivity index (χ1n) is 27.9. The lowest BCUT2D eigenvalue weighted by Crippen LogP contribution is -2.62. The number of amides is 9. The average Bonchev–Trinajstić information content (AvgIpc) is 2.41. The quantitative estimate of drug-likeness (QED) is 0.0261. The second kappa shape index (κ2) is 33.5. The summed E-state index contributed by atoms with van der Waals surface area (Å²) in [5.74, 6) is -15.6. The van der Waals surface area contributed by atoms with E-state index >= 15 is 0 Å². The molecule has 1 heterocycles. The molecule has 0 unspecified atom stereocenters. The summed E-state index contributed by atoms with van der Waals surface area (Å²) in [7, 11) is -9.97. The SMILES string of the molecule is CC[C@H](C)[C@H](NC(=O)[C@H](CC(=O)O)NC(=O)[C@H](Cc1ccc(OS(=O)(=O)O)cc1)NC(=O)[C@@H](NC(=O)[C@@H]1CCCN1C(=O)[C@@H](N)CO)[C@@H](C)CC)C(=O)N[C@@H](CC(N)=O)C(=O)N[C@@H](Cc1ccc(OS(=O)(=O)O)cc1)C(=O)N[C@@H](Cc1ccc(O)cc1)C(=O)O. The molecule has 0 spiro atoms. The number of carboxylic acid groups (broad SMARTS) is 2. The van der Waals surface area contributed by atoms with E-state index in [2.05, 4.69) is 45.6 Å². The third-order valence-electron chi connectivity index (χ3n) is 14.4. The Labute approximate surface area is 516 Å². The number of carbonyl (C=O) groups is 11. The number of nitrogens with one attached hydrogen (secondary N) is 7. The number of likely N-dealkylation sites (tertiary alicyclic amines) is 1. The van der Waals surface area contributed by atoms with Gasteiger partial charge in [-0.25, -0.2) is 4.79 Å². The lowest BCUT2D eigenvalue weighted by molar-refractivity contribution is -0.143. The molecule has 0 aromatic heterocycles. The van der Waals surface area contributed by atoms with Crippen molar-refractivity contribution >= 4 is 85.9 Å². The molecule has 1 saturated heterocycles. The minimum atomic E-state index is -4.99. The van der Waals surface area contributed by atoms with Crippen LogP contribution in [0.25, 0.3) is 0 Å². The zero-order valence-electron chi connectivity index (χ0n) is 49.1. The monoisotopic (exact) mass is 1310 g/mol. The summed E-state index contributed by atoms with van der Waals surface area (Å²) in [6, 6.07) is -0.440. The number of aliphatic hydroxyl groups excluding tert-OH is 1. The van der Waals surface area contributed by atoms with Gasteiger partial charge < -0.3 is 82.4 Å². The van der Waals surface area contributed by atoms with Crippen molar-refractivity contribution in [1.82, 2.24) is 42.1 Å². The van der Waals surface area contributed by atoms with Crippen LogP contribution in [0.1, 0.15) is 82.9 Å². The Morgan fingerprint density at radius 1 is 0.567 bits per heavy atom. The Balaban J connectivity index is 1.66. The van der Waals surface area contributed by atoms with Gasteiger partial charge in [-0.2, -0.15) is 16.8 Å². The van der Waals surface area contributed by atoms with Crippen molar-refractivity contribution < 1.29 is 107 Å². The number of carboxylic acids is 2. The Morgan fingerprint density at radius 3 is 1.37 bits per heavy atom. The molecule has 3 aromatic carbocycles. The van der Waals surface area contributed by atoms with Gasteiger partial charge in [0.25, 0.3) is 0 Å². The van der Waals surface area contributed by atoms with Crippen molar-refractivity contribution in [2.24, 2.45) is 23.3 Å². The lowest BCUT2D eigenvalue weighted by Gasteiger charge is -2.31. The molecule has 1 aliphatic heterocycles. The lowest BCUT2D eigenvalue weighted by atomic mass is 9.96. The molecule has 33 nitrogen and oxygen atoms in total. The molecule has 90 heavy (non-hydrogen) atoms. The van der Waals surface area contributed by atoms with Gasteiger partial charge in [-0.3, -0.25) is 57.1 Å². The van der Waals surface area contributed by atoms with E-state index in [1.165, 1.54) is 60.4 Å². The van der Waals surface area contributed by atoms with Gasteiger partial charge in [-0.1, -0.05) is 76.9 Å². The van der Waals surface area contributed by atoms with E-state index in [4.69, 9.17) is 16.0 Å². The third-order valence-corrected chi connectivity index (χ3v) is 15.2. The van der Waals surface area contributed by atoms with E-state index in [0.717, 1.165) is 24.3 Å². The molecule has 9 amide bonds. The molecule has 1 aliphatic rings. The third kappa shape index (κ3) is 23.5. The molecule has 0 bridgehead atoms. The smallest absolute Gasteiger partial charge is 0.446 e. The van der Waals surface area contributed by atoms with Gasteiger partial charge in [0.05, 0.1) is 19.4 Å². The standard InChI is InChI=1S/C55H74N10O23S2/c1-5-28(3)45(52(76)61-39(25-43(57)68)49(73)58-37(22-31-11-17-34(18-12-31)87-89(81,82)83)48(72)62-41(55(79)80)24-30-9-15-33(67)16-10-30)63-50(74)40(26-44(69)70)59-47(71)38(23-32-13-19-35(20-14-32)88-90(84,85)86)60-53(77)46(29(4)6-2)64-51(75)42-8-7-21-65(42)54(78)36(56)27-66/h9-20,28-29,36-42,45-46,66-67H,5-8,21-27,56H2,1-4H3,(H2,57,68)(H,58,73)(H,59,71)(H,60,77)(H,61,76)(H,62,72)(H,63,74)(H,64,75)(H,69,70)(H,79,80)(H,81,82,83)(H,84,85,86)/t28-,29-,36-,37-,38-,39-,40-,41-,42-,45-,46-/m0/s1. The van der Waals surface area contributed by atoms with Gasteiger partial charge in [0, 0.05) is 25.8 Å². The van der Waals surface area contributed by atoms with Crippen molar-refractivity contribution in [1.29, 1.82) is 0 Å². The molecule has 0 radical (unpaired) electrons. The highest BCUT2D eigenvalue weighted by atomic mass is 32.3. The molecule has 0 saturated carbocycles. The fraction of sp³-hybridized carbons (Fsp3) is 0.473. The largest absolute Gasteiger partial charge is 0.508 e. The van der Waals surface area contributed by atoms with Crippen LogP contribution in [0, 0.1) is 11.8 Å². The summed E-state index contributed by atoms with van der Waals surface area (Å²) in [5, 5.41) is 56.1. The van der Waals surface area contributed by atoms with Gasteiger partial charge in [0.15, 0.2) is 0 Å². The first kappa shape index (κ1) is 73.4. The van der Waals surface area contributed by atoms with Crippen molar-refractivity contribution in [3.05, 3.63) is 89.5 Å². The molecule has 1 fully saturated rings. The van der Waals surface area contributed by atoms with Crippen LogP contribution in [0.3, 0.4) is 0 Å². The maximum Gasteiger partial charge on any atom is 0.446 e. The molecule has 35 heteroatoms.